The molecule has 6 aliphatic rings. The quantitative estimate of drug-likeness (QED) is 0.526. The van der Waals surface area contributed by atoms with Crippen LogP contribution >= 0.6 is 0 Å². The maximum absolute atomic E-state index is 11.8. The highest BCUT2D eigenvalue weighted by molar-refractivity contribution is 5.18. The maximum Gasteiger partial charge on any atom is 0.171 e. The monoisotopic (exact) mass is 448 g/mol. The average Bonchev–Trinajstić information content (AvgIpc) is 3.15. The van der Waals surface area contributed by atoms with Crippen LogP contribution in [0.2, 0.25) is 0 Å². The van der Waals surface area contributed by atoms with E-state index in [0.29, 0.717) is 41.9 Å². The molecule has 6 fully saturated rings. The van der Waals surface area contributed by atoms with Gasteiger partial charge in [0.25, 0.3) is 0 Å². The number of ether oxygens (including phenoxy) is 2. The molecule has 14 atom stereocenters. The van der Waals surface area contributed by atoms with E-state index in [1.807, 2.05) is 0 Å². The lowest BCUT2D eigenvalue weighted by atomic mass is 9.44. The zero-order valence-electron chi connectivity index (χ0n) is 20.4. The van der Waals surface area contributed by atoms with Gasteiger partial charge in [-0.05, 0) is 85.4 Å². The number of fused-ring (bicyclic) bond motifs is 7. The van der Waals surface area contributed by atoms with Crippen LogP contribution in [0.5, 0.6) is 0 Å². The van der Waals surface area contributed by atoms with Crippen LogP contribution in [0.3, 0.4) is 0 Å². The molecule has 4 saturated carbocycles. The van der Waals surface area contributed by atoms with Crippen molar-refractivity contribution in [1.29, 1.82) is 0 Å². The summed E-state index contributed by atoms with van der Waals surface area (Å²) in [5.41, 5.74) is 0.146. The highest BCUT2D eigenvalue weighted by Gasteiger charge is 2.72. The van der Waals surface area contributed by atoms with Crippen LogP contribution in [0.25, 0.3) is 0 Å². The molecule has 0 bridgehead atoms. The van der Waals surface area contributed by atoms with Gasteiger partial charge in [-0.15, -0.1) is 0 Å². The Morgan fingerprint density at radius 3 is 2.34 bits per heavy atom. The van der Waals surface area contributed by atoms with Crippen molar-refractivity contribution in [2.45, 2.75) is 109 Å². The SMILES string of the molecule is C[C@@H]1CCC2(OC1)O[C@H]1[C@@H](O)[C@H]3[C@@H]4CC[C@H]5C[C@H](O)[C@@H](O)C[C@]5(C)[C@H]4CC[C@]3(C)[C@H]1[C@@H]2C. The molecule has 6 rings (SSSR count). The van der Waals surface area contributed by atoms with E-state index in [4.69, 9.17) is 9.47 Å². The van der Waals surface area contributed by atoms with E-state index in [2.05, 4.69) is 27.7 Å². The van der Waals surface area contributed by atoms with Crippen LogP contribution in [0.4, 0.5) is 0 Å². The molecule has 0 aromatic rings. The number of hydrogen-bond acceptors (Lipinski definition) is 5. The highest BCUT2D eigenvalue weighted by atomic mass is 16.7. The van der Waals surface area contributed by atoms with Crippen molar-refractivity contribution in [2.75, 3.05) is 6.61 Å². The molecule has 0 aromatic carbocycles. The molecule has 3 N–H and O–H groups in total. The summed E-state index contributed by atoms with van der Waals surface area (Å²) in [6, 6.07) is 0. The Balaban J connectivity index is 1.30. The summed E-state index contributed by atoms with van der Waals surface area (Å²) < 4.78 is 13.1. The standard InChI is InChI=1S/C27H44O5/c1-14-7-10-27(31-13-14)15(2)21-24(32-27)23(30)22-17-6-5-16-11-19(28)20(29)12-26(16,4)18(17)8-9-25(21,22)3/h14-24,28-30H,5-13H2,1-4H3/t14-,15+,16+,17-,18+,19+,20+,21+,22-,23+,24-,25-,26+,27?/m1/s1. The molecule has 1 unspecified atom stereocenters. The Morgan fingerprint density at radius 2 is 1.62 bits per heavy atom. The lowest BCUT2D eigenvalue weighted by Crippen LogP contribution is -2.58. The number of rotatable bonds is 0. The largest absolute Gasteiger partial charge is 0.390 e. The average molecular weight is 449 g/mol. The summed E-state index contributed by atoms with van der Waals surface area (Å²) in [4.78, 5) is 0. The van der Waals surface area contributed by atoms with E-state index >= 15 is 0 Å². The molecule has 0 amide bonds. The van der Waals surface area contributed by atoms with Crippen LogP contribution in [-0.4, -0.2) is 52.1 Å². The molecule has 32 heavy (non-hydrogen) atoms. The van der Waals surface area contributed by atoms with Crippen LogP contribution in [0, 0.1) is 52.3 Å². The van der Waals surface area contributed by atoms with Gasteiger partial charge in [0.2, 0.25) is 0 Å². The molecule has 0 radical (unpaired) electrons. The predicted octanol–water partition coefficient (Wildman–Crippen LogP) is 3.74. The first-order valence-electron chi connectivity index (χ1n) is 13.5. The first-order valence-corrected chi connectivity index (χ1v) is 13.5. The van der Waals surface area contributed by atoms with Crippen molar-refractivity contribution in [1.82, 2.24) is 0 Å². The van der Waals surface area contributed by atoms with Gasteiger partial charge in [-0.1, -0.05) is 27.7 Å². The Morgan fingerprint density at radius 1 is 0.844 bits per heavy atom. The lowest BCUT2D eigenvalue weighted by Gasteiger charge is -2.62. The van der Waals surface area contributed by atoms with E-state index < -0.39 is 24.1 Å². The molecule has 182 valence electrons. The second kappa shape index (κ2) is 7.16. The third-order valence-corrected chi connectivity index (χ3v) is 12.0. The van der Waals surface area contributed by atoms with Gasteiger partial charge in [0, 0.05) is 18.3 Å². The van der Waals surface area contributed by atoms with Crippen molar-refractivity contribution in [2.24, 2.45) is 52.3 Å². The van der Waals surface area contributed by atoms with Gasteiger partial charge < -0.3 is 24.8 Å². The molecule has 5 nitrogen and oxygen atoms in total. The van der Waals surface area contributed by atoms with Crippen molar-refractivity contribution in [3.05, 3.63) is 0 Å². The lowest BCUT2D eigenvalue weighted by molar-refractivity contribution is -0.282. The molecule has 2 aliphatic heterocycles. The minimum Gasteiger partial charge on any atom is -0.390 e. The molecule has 2 heterocycles. The Bertz CT molecular complexity index is 748. The molecule has 5 heteroatoms. The summed E-state index contributed by atoms with van der Waals surface area (Å²) in [6.45, 7) is 10.2. The summed E-state index contributed by atoms with van der Waals surface area (Å²) >= 11 is 0. The molecular formula is C27H44O5. The Hall–Kier alpha value is -0.200. The van der Waals surface area contributed by atoms with Crippen LogP contribution < -0.4 is 0 Å². The zero-order valence-corrected chi connectivity index (χ0v) is 20.4. The van der Waals surface area contributed by atoms with Crippen LogP contribution in [0.15, 0.2) is 0 Å². The molecular weight excluding hydrogens is 404 g/mol. The van der Waals surface area contributed by atoms with Gasteiger partial charge in [0.05, 0.1) is 31.0 Å². The second-order valence-corrected chi connectivity index (χ2v) is 13.3. The first-order chi connectivity index (χ1) is 15.1. The predicted molar refractivity (Wildman–Crippen MR) is 121 cm³/mol. The molecule has 2 saturated heterocycles. The number of aliphatic hydroxyl groups is 3. The maximum atomic E-state index is 11.8. The summed E-state index contributed by atoms with van der Waals surface area (Å²) in [5.74, 6) is 2.49. The normalized spacial score (nSPS) is 64.0. The fourth-order valence-corrected chi connectivity index (χ4v) is 10.3. The minimum atomic E-state index is -0.606. The number of hydrogen-bond donors (Lipinski definition) is 3. The van der Waals surface area contributed by atoms with Crippen LogP contribution in [0.1, 0.15) is 79.1 Å². The van der Waals surface area contributed by atoms with Crippen LogP contribution in [-0.2, 0) is 9.47 Å². The third kappa shape index (κ3) is 2.75. The van der Waals surface area contributed by atoms with Gasteiger partial charge in [0.1, 0.15) is 0 Å². The van der Waals surface area contributed by atoms with Gasteiger partial charge in [-0.3, -0.25) is 0 Å². The number of aliphatic hydroxyl groups excluding tert-OH is 3. The van der Waals surface area contributed by atoms with Gasteiger partial charge in [-0.25, -0.2) is 0 Å². The molecule has 0 aromatic heterocycles. The van der Waals surface area contributed by atoms with Gasteiger partial charge >= 0.3 is 0 Å². The third-order valence-electron chi connectivity index (χ3n) is 12.0. The first kappa shape index (κ1) is 22.3. The summed E-state index contributed by atoms with van der Waals surface area (Å²) in [5, 5.41) is 32.7. The van der Waals surface area contributed by atoms with Gasteiger partial charge in [0.15, 0.2) is 5.79 Å². The fourth-order valence-electron chi connectivity index (χ4n) is 10.3. The van der Waals surface area contributed by atoms with Crippen molar-refractivity contribution in [3.8, 4) is 0 Å². The zero-order chi connectivity index (χ0) is 22.6. The smallest absolute Gasteiger partial charge is 0.171 e. The van der Waals surface area contributed by atoms with E-state index in [1.54, 1.807) is 0 Å². The second-order valence-electron chi connectivity index (χ2n) is 13.3. The topological polar surface area (TPSA) is 79.2 Å². The van der Waals surface area contributed by atoms with Gasteiger partial charge in [-0.2, -0.15) is 0 Å². The fraction of sp³-hybridized carbons (Fsp3) is 1.00. The van der Waals surface area contributed by atoms with Crippen molar-refractivity contribution in [3.63, 3.8) is 0 Å². The highest BCUT2D eigenvalue weighted by Crippen LogP contribution is 2.71. The van der Waals surface area contributed by atoms with Crippen molar-refractivity contribution >= 4 is 0 Å². The summed E-state index contributed by atoms with van der Waals surface area (Å²) in [6.07, 6.45) is 6.33. The minimum absolute atomic E-state index is 0.0661. The van der Waals surface area contributed by atoms with E-state index in [-0.39, 0.29) is 22.9 Å². The Labute approximate surface area is 193 Å². The summed E-state index contributed by atoms with van der Waals surface area (Å²) in [7, 11) is 0. The van der Waals surface area contributed by atoms with E-state index in [0.717, 1.165) is 45.1 Å². The molecule has 1 spiro atoms. The van der Waals surface area contributed by atoms with E-state index in [1.165, 1.54) is 6.42 Å². The Kier molecular flexibility index (Phi) is 4.99. The molecule has 4 aliphatic carbocycles. The van der Waals surface area contributed by atoms with E-state index in [9.17, 15) is 15.3 Å². The van der Waals surface area contributed by atoms with Crippen molar-refractivity contribution < 1.29 is 24.8 Å².